The zero-order valence-electron chi connectivity index (χ0n) is 12.3. The molecule has 0 unspecified atom stereocenters. The van der Waals surface area contributed by atoms with Crippen LogP contribution in [0.5, 0.6) is 11.5 Å². The Hall–Kier alpha value is -2.05. The summed E-state index contributed by atoms with van der Waals surface area (Å²) in [5, 5.41) is 0.0906. The van der Waals surface area contributed by atoms with Crippen LogP contribution in [0.15, 0.2) is 53.9 Å². The first-order valence-corrected chi connectivity index (χ1v) is 8.33. The van der Waals surface area contributed by atoms with E-state index in [1.54, 1.807) is 18.2 Å². The topological polar surface area (TPSA) is 52.6 Å². The molecule has 0 aliphatic heterocycles. The van der Waals surface area contributed by atoms with E-state index in [-0.39, 0.29) is 16.5 Å². The summed E-state index contributed by atoms with van der Waals surface area (Å²) in [6.07, 6.45) is 2.30. The van der Waals surface area contributed by atoms with E-state index in [2.05, 4.69) is 6.58 Å². The van der Waals surface area contributed by atoms with Crippen molar-refractivity contribution in [1.82, 2.24) is 0 Å². The zero-order chi connectivity index (χ0) is 17.0. The maximum Gasteiger partial charge on any atom is 0.342 e. The highest BCUT2D eigenvalue weighted by Gasteiger charge is 2.23. The Bertz CT molecular complexity index is 834. The summed E-state index contributed by atoms with van der Waals surface area (Å²) in [5.41, 5.74) is 0.874. The Morgan fingerprint density at radius 3 is 2.57 bits per heavy atom. The molecule has 7 heteroatoms. The number of ether oxygens (including phenoxy) is 1. The summed E-state index contributed by atoms with van der Waals surface area (Å²) in [4.78, 5) is -0.598. The molecular weight excluding hydrogens is 343 g/mol. The van der Waals surface area contributed by atoms with E-state index in [1.165, 1.54) is 19.2 Å². The molecule has 122 valence electrons. The van der Waals surface area contributed by atoms with E-state index < -0.39 is 20.8 Å². The van der Waals surface area contributed by atoms with Crippen molar-refractivity contribution in [2.24, 2.45) is 0 Å². The molecule has 0 amide bonds. The third kappa shape index (κ3) is 4.03. The lowest BCUT2D eigenvalue weighted by Crippen LogP contribution is -2.12. The molecule has 4 nitrogen and oxygen atoms in total. The Labute approximate surface area is 139 Å². The summed E-state index contributed by atoms with van der Waals surface area (Å²) >= 11 is 5.62. The molecule has 0 bridgehead atoms. The zero-order valence-corrected chi connectivity index (χ0v) is 13.8. The van der Waals surface area contributed by atoms with Gasteiger partial charge in [-0.15, -0.1) is 6.58 Å². The normalized spacial score (nSPS) is 11.1. The predicted molar refractivity (Wildman–Crippen MR) is 86.1 cm³/mol. The number of hydrogen-bond donors (Lipinski definition) is 0. The van der Waals surface area contributed by atoms with Crippen LogP contribution in [0, 0.1) is 5.82 Å². The lowest BCUT2D eigenvalue weighted by Gasteiger charge is -2.12. The van der Waals surface area contributed by atoms with Gasteiger partial charge in [-0.3, -0.25) is 0 Å². The number of benzene rings is 2. The van der Waals surface area contributed by atoms with Gasteiger partial charge in [-0.05, 0) is 42.3 Å². The van der Waals surface area contributed by atoms with E-state index >= 15 is 0 Å². The standard InChI is InChI=1S/C16H14ClFO4S/c1-3-4-11-5-7-14(15(9-11)21-2)22-23(19,20)16-8-6-12(17)10-13(16)18/h3,5-10H,1,4H2,2H3. The molecule has 2 rings (SSSR count). The fourth-order valence-electron chi connectivity index (χ4n) is 1.92. The minimum atomic E-state index is -4.35. The Morgan fingerprint density at radius 1 is 1.22 bits per heavy atom. The van der Waals surface area contributed by atoms with E-state index in [4.69, 9.17) is 20.5 Å². The largest absolute Gasteiger partial charge is 0.493 e. The molecule has 0 aliphatic carbocycles. The quantitative estimate of drug-likeness (QED) is 0.580. The lowest BCUT2D eigenvalue weighted by atomic mass is 10.1. The minimum Gasteiger partial charge on any atom is -0.493 e. The van der Waals surface area contributed by atoms with Crippen LogP contribution in [0.1, 0.15) is 5.56 Å². The number of hydrogen-bond acceptors (Lipinski definition) is 4. The third-order valence-corrected chi connectivity index (χ3v) is 4.47. The molecule has 0 spiro atoms. The second-order valence-corrected chi connectivity index (χ2v) is 6.54. The van der Waals surface area contributed by atoms with Crippen molar-refractivity contribution >= 4 is 21.7 Å². The molecule has 0 saturated carbocycles. The van der Waals surface area contributed by atoms with Gasteiger partial charge in [0.25, 0.3) is 0 Å². The van der Waals surface area contributed by atoms with Crippen LogP contribution in [-0.2, 0) is 16.5 Å². The summed E-state index contributed by atoms with van der Waals surface area (Å²) in [5.74, 6) is -0.795. The molecule has 2 aromatic rings. The van der Waals surface area contributed by atoms with Gasteiger partial charge in [0.15, 0.2) is 11.5 Å². The second kappa shape index (κ2) is 7.02. The van der Waals surface area contributed by atoms with Crippen LogP contribution < -0.4 is 8.92 Å². The monoisotopic (exact) mass is 356 g/mol. The number of methoxy groups -OCH3 is 1. The maximum absolute atomic E-state index is 13.8. The van der Waals surface area contributed by atoms with Crippen molar-refractivity contribution in [2.75, 3.05) is 7.11 Å². The molecule has 0 radical (unpaired) electrons. The molecule has 23 heavy (non-hydrogen) atoms. The van der Waals surface area contributed by atoms with Gasteiger partial charge in [0.2, 0.25) is 0 Å². The van der Waals surface area contributed by atoms with E-state index in [0.29, 0.717) is 6.42 Å². The molecule has 0 N–H and O–H groups in total. The fourth-order valence-corrected chi connectivity index (χ4v) is 3.07. The van der Waals surface area contributed by atoms with Crippen LogP contribution in [0.2, 0.25) is 5.02 Å². The van der Waals surface area contributed by atoms with Crippen molar-refractivity contribution in [3.63, 3.8) is 0 Å². The Morgan fingerprint density at radius 2 is 1.96 bits per heavy atom. The first-order valence-electron chi connectivity index (χ1n) is 6.54. The SMILES string of the molecule is C=CCc1ccc(OS(=O)(=O)c2ccc(Cl)cc2F)c(OC)c1. The minimum absolute atomic E-state index is 0.0327. The van der Waals surface area contributed by atoms with Crippen molar-refractivity contribution in [3.8, 4) is 11.5 Å². The Kier molecular flexibility index (Phi) is 5.28. The molecule has 0 saturated heterocycles. The first-order chi connectivity index (χ1) is 10.9. The highest BCUT2D eigenvalue weighted by molar-refractivity contribution is 7.87. The maximum atomic E-state index is 13.8. The van der Waals surface area contributed by atoms with Gasteiger partial charge in [0, 0.05) is 5.02 Å². The molecule has 0 atom stereocenters. The van der Waals surface area contributed by atoms with Crippen molar-refractivity contribution < 1.29 is 21.7 Å². The van der Waals surface area contributed by atoms with Gasteiger partial charge < -0.3 is 8.92 Å². The molecule has 0 fully saturated rings. The van der Waals surface area contributed by atoms with Gasteiger partial charge in [-0.1, -0.05) is 23.7 Å². The van der Waals surface area contributed by atoms with Gasteiger partial charge in [0.05, 0.1) is 7.11 Å². The average Bonchev–Trinajstić information content (AvgIpc) is 2.48. The van der Waals surface area contributed by atoms with Crippen LogP contribution in [0.25, 0.3) is 0 Å². The molecule has 2 aromatic carbocycles. The summed E-state index contributed by atoms with van der Waals surface area (Å²) in [6.45, 7) is 3.63. The Balaban J connectivity index is 2.38. The van der Waals surface area contributed by atoms with Crippen LogP contribution >= 0.6 is 11.6 Å². The van der Waals surface area contributed by atoms with Gasteiger partial charge in [-0.25, -0.2) is 4.39 Å². The molecule has 0 heterocycles. The summed E-state index contributed by atoms with van der Waals surface area (Å²) < 4.78 is 48.4. The summed E-state index contributed by atoms with van der Waals surface area (Å²) in [7, 11) is -2.97. The first kappa shape index (κ1) is 17.3. The number of halogens is 2. The molecular formula is C16H14ClFO4S. The number of allylic oxidation sites excluding steroid dienone is 1. The van der Waals surface area contributed by atoms with Crippen molar-refractivity contribution in [3.05, 3.63) is 65.5 Å². The van der Waals surface area contributed by atoms with Gasteiger partial charge in [0.1, 0.15) is 10.7 Å². The van der Waals surface area contributed by atoms with E-state index in [0.717, 1.165) is 17.7 Å². The average molecular weight is 357 g/mol. The van der Waals surface area contributed by atoms with Gasteiger partial charge >= 0.3 is 10.1 Å². The molecule has 0 aromatic heterocycles. The van der Waals surface area contributed by atoms with Crippen LogP contribution in [-0.4, -0.2) is 15.5 Å². The summed E-state index contributed by atoms with van der Waals surface area (Å²) in [6, 6.07) is 7.97. The number of rotatable bonds is 6. The highest BCUT2D eigenvalue weighted by atomic mass is 35.5. The smallest absolute Gasteiger partial charge is 0.342 e. The van der Waals surface area contributed by atoms with E-state index in [1.807, 2.05) is 0 Å². The van der Waals surface area contributed by atoms with Gasteiger partial charge in [-0.2, -0.15) is 8.42 Å². The second-order valence-electron chi connectivity index (χ2n) is 4.59. The van der Waals surface area contributed by atoms with Crippen LogP contribution in [0.4, 0.5) is 4.39 Å². The predicted octanol–water partition coefficient (Wildman–Crippen LogP) is 3.98. The van der Waals surface area contributed by atoms with Crippen LogP contribution in [0.3, 0.4) is 0 Å². The fraction of sp³-hybridized carbons (Fsp3) is 0.125. The highest BCUT2D eigenvalue weighted by Crippen LogP contribution is 2.31. The van der Waals surface area contributed by atoms with E-state index in [9.17, 15) is 12.8 Å². The lowest BCUT2D eigenvalue weighted by molar-refractivity contribution is 0.389. The van der Waals surface area contributed by atoms with Crippen molar-refractivity contribution in [2.45, 2.75) is 11.3 Å². The molecule has 0 aliphatic rings. The third-order valence-electron chi connectivity index (χ3n) is 2.97. The van der Waals surface area contributed by atoms with Crippen molar-refractivity contribution in [1.29, 1.82) is 0 Å².